The number of rotatable bonds is 2. The summed E-state index contributed by atoms with van der Waals surface area (Å²) >= 11 is 0. The third-order valence-corrected chi connectivity index (χ3v) is 4.34. The number of methoxy groups -OCH3 is 1. The molecule has 1 atom stereocenters. The van der Waals surface area contributed by atoms with Crippen molar-refractivity contribution in [3.8, 4) is 11.4 Å². The molecule has 0 radical (unpaired) electrons. The smallest absolute Gasteiger partial charge is 0.128 e. The van der Waals surface area contributed by atoms with Crippen molar-refractivity contribution in [2.24, 2.45) is 0 Å². The highest BCUT2D eigenvalue weighted by Crippen LogP contribution is 2.33. The quantitative estimate of drug-likeness (QED) is 0.752. The van der Waals surface area contributed by atoms with Crippen molar-refractivity contribution in [2.45, 2.75) is 12.6 Å². The third kappa shape index (κ3) is 2.68. The Labute approximate surface area is 146 Å². The first-order valence-corrected chi connectivity index (χ1v) is 7.60. The van der Waals surface area contributed by atoms with Gasteiger partial charge in [-0.25, -0.2) is 4.39 Å². The highest BCUT2D eigenvalue weighted by atomic mass is 35.5. The first kappa shape index (κ1) is 16.6. The largest absolute Gasteiger partial charge is 0.497 e. The van der Waals surface area contributed by atoms with Crippen LogP contribution >= 0.6 is 12.4 Å². The normalized spacial score (nSPS) is 15.7. The zero-order valence-electron chi connectivity index (χ0n) is 13.2. The summed E-state index contributed by atoms with van der Waals surface area (Å²) in [5, 5.41) is 3.47. The molecule has 0 spiro atoms. The van der Waals surface area contributed by atoms with E-state index in [9.17, 15) is 4.39 Å². The van der Waals surface area contributed by atoms with Gasteiger partial charge in [0, 0.05) is 29.7 Å². The number of aromatic nitrogens is 1. The van der Waals surface area contributed by atoms with Crippen LogP contribution in [-0.4, -0.2) is 11.7 Å². The molecule has 24 heavy (non-hydrogen) atoms. The van der Waals surface area contributed by atoms with Crippen LogP contribution in [0.5, 0.6) is 5.75 Å². The highest BCUT2D eigenvalue weighted by molar-refractivity contribution is 5.85. The van der Waals surface area contributed by atoms with Gasteiger partial charge in [-0.1, -0.05) is 18.2 Å². The van der Waals surface area contributed by atoms with Crippen LogP contribution in [0.2, 0.25) is 0 Å². The summed E-state index contributed by atoms with van der Waals surface area (Å²) in [5.41, 5.74) is 3.93. The molecular weight excluding hydrogens is 327 g/mol. The van der Waals surface area contributed by atoms with E-state index in [0.717, 1.165) is 11.4 Å². The van der Waals surface area contributed by atoms with Gasteiger partial charge in [0.2, 0.25) is 0 Å². The Kier molecular flexibility index (Phi) is 4.60. The SMILES string of the molecule is COc1ccc(F)c(C2NCc3ccccc3-n3cccc32)c1.Cl. The number of ether oxygens (including phenoxy) is 1. The monoisotopic (exact) mass is 344 g/mol. The molecule has 0 aliphatic carbocycles. The minimum Gasteiger partial charge on any atom is -0.497 e. The molecule has 0 amide bonds. The number of halogens is 2. The van der Waals surface area contributed by atoms with Crippen LogP contribution in [0.4, 0.5) is 4.39 Å². The lowest BCUT2D eigenvalue weighted by atomic mass is 10.0. The molecule has 1 aliphatic heterocycles. The van der Waals surface area contributed by atoms with Crippen LogP contribution in [-0.2, 0) is 6.54 Å². The van der Waals surface area contributed by atoms with E-state index in [0.29, 0.717) is 17.9 Å². The molecule has 124 valence electrons. The first-order valence-electron chi connectivity index (χ1n) is 7.60. The van der Waals surface area contributed by atoms with E-state index in [1.165, 1.54) is 11.6 Å². The van der Waals surface area contributed by atoms with Gasteiger partial charge >= 0.3 is 0 Å². The van der Waals surface area contributed by atoms with Gasteiger partial charge in [-0.15, -0.1) is 12.4 Å². The molecule has 3 aromatic rings. The molecule has 1 N–H and O–H groups in total. The van der Waals surface area contributed by atoms with Gasteiger partial charge in [0.05, 0.1) is 13.2 Å². The fourth-order valence-corrected chi connectivity index (χ4v) is 3.20. The van der Waals surface area contributed by atoms with E-state index < -0.39 is 0 Å². The van der Waals surface area contributed by atoms with Crippen molar-refractivity contribution in [1.82, 2.24) is 9.88 Å². The minimum atomic E-state index is -0.234. The second-order valence-corrected chi connectivity index (χ2v) is 5.63. The molecule has 0 saturated heterocycles. The average molecular weight is 345 g/mol. The molecule has 3 nitrogen and oxygen atoms in total. The molecule has 0 bridgehead atoms. The molecule has 0 saturated carbocycles. The van der Waals surface area contributed by atoms with Gasteiger partial charge in [-0.2, -0.15) is 0 Å². The maximum Gasteiger partial charge on any atom is 0.128 e. The Morgan fingerprint density at radius 2 is 1.96 bits per heavy atom. The second-order valence-electron chi connectivity index (χ2n) is 5.63. The fraction of sp³-hybridized carbons (Fsp3) is 0.158. The van der Waals surface area contributed by atoms with Crippen molar-refractivity contribution in [2.75, 3.05) is 7.11 Å². The molecule has 1 unspecified atom stereocenters. The van der Waals surface area contributed by atoms with E-state index in [4.69, 9.17) is 4.74 Å². The lowest BCUT2D eigenvalue weighted by molar-refractivity contribution is 0.411. The predicted octanol–water partition coefficient (Wildman–Crippen LogP) is 4.24. The Morgan fingerprint density at radius 3 is 2.79 bits per heavy atom. The standard InChI is InChI=1S/C19H17FN2O.ClH/c1-23-14-8-9-16(20)15(11-14)19-18-7-4-10-22(18)17-6-3-2-5-13(17)12-21-19;/h2-11,19,21H,12H2,1H3;1H. The maximum absolute atomic E-state index is 14.4. The predicted molar refractivity (Wildman–Crippen MR) is 94.7 cm³/mol. The van der Waals surface area contributed by atoms with Gasteiger partial charge < -0.3 is 14.6 Å². The van der Waals surface area contributed by atoms with Gasteiger partial charge in [0.1, 0.15) is 11.6 Å². The molecule has 5 heteroatoms. The van der Waals surface area contributed by atoms with E-state index in [2.05, 4.69) is 22.0 Å². The lowest BCUT2D eigenvalue weighted by Crippen LogP contribution is -2.22. The maximum atomic E-state index is 14.4. The number of benzene rings is 2. The van der Waals surface area contributed by atoms with Gasteiger partial charge in [0.25, 0.3) is 0 Å². The second kappa shape index (κ2) is 6.67. The van der Waals surface area contributed by atoms with Crippen molar-refractivity contribution >= 4 is 12.4 Å². The van der Waals surface area contributed by atoms with Crippen LogP contribution in [0.1, 0.15) is 22.9 Å². The summed E-state index contributed by atoms with van der Waals surface area (Å²) in [6, 6.07) is 16.9. The van der Waals surface area contributed by atoms with Gasteiger partial charge in [-0.05, 0) is 42.0 Å². The van der Waals surface area contributed by atoms with E-state index >= 15 is 0 Å². The fourth-order valence-electron chi connectivity index (χ4n) is 3.20. The molecular formula is C19H18ClFN2O. The Balaban J connectivity index is 0.00000169. The summed E-state index contributed by atoms with van der Waals surface area (Å²) in [7, 11) is 1.59. The Bertz CT molecular complexity index is 862. The summed E-state index contributed by atoms with van der Waals surface area (Å²) in [5.74, 6) is 0.421. The number of hydrogen-bond acceptors (Lipinski definition) is 2. The Morgan fingerprint density at radius 1 is 1.12 bits per heavy atom. The van der Waals surface area contributed by atoms with Crippen LogP contribution in [0.15, 0.2) is 60.8 Å². The zero-order chi connectivity index (χ0) is 15.8. The topological polar surface area (TPSA) is 26.2 Å². The number of nitrogens with one attached hydrogen (secondary N) is 1. The summed E-state index contributed by atoms with van der Waals surface area (Å²) in [6.45, 7) is 0.680. The lowest BCUT2D eigenvalue weighted by Gasteiger charge is -2.19. The number of nitrogens with zero attached hydrogens (tertiary/aromatic N) is 1. The molecule has 2 aromatic carbocycles. The van der Waals surface area contributed by atoms with Crippen LogP contribution in [0.25, 0.3) is 5.69 Å². The minimum absolute atomic E-state index is 0. The third-order valence-electron chi connectivity index (χ3n) is 4.34. The van der Waals surface area contributed by atoms with Crippen molar-refractivity contribution < 1.29 is 9.13 Å². The summed E-state index contributed by atoms with van der Waals surface area (Å²) in [4.78, 5) is 0. The number of fused-ring (bicyclic) bond motifs is 3. The molecule has 4 rings (SSSR count). The van der Waals surface area contributed by atoms with Crippen LogP contribution in [0.3, 0.4) is 0 Å². The van der Waals surface area contributed by atoms with Crippen molar-refractivity contribution in [1.29, 1.82) is 0 Å². The summed E-state index contributed by atoms with van der Waals surface area (Å²) < 4.78 is 21.8. The number of hydrogen-bond donors (Lipinski definition) is 1. The van der Waals surface area contributed by atoms with E-state index in [1.807, 2.05) is 30.5 Å². The molecule has 0 fully saturated rings. The van der Waals surface area contributed by atoms with Crippen LogP contribution in [0, 0.1) is 5.82 Å². The average Bonchev–Trinajstić information content (AvgIpc) is 3.00. The zero-order valence-corrected chi connectivity index (χ0v) is 14.0. The van der Waals surface area contributed by atoms with E-state index in [-0.39, 0.29) is 24.3 Å². The first-order chi connectivity index (χ1) is 11.3. The summed E-state index contributed by atoms with van der Waals surface area (Å²) in [6.07, 6.45) is 2.02. The van der Waals surface area contributed by atoms with Gasteiger partial charge in [-0.3, -0.25) is 0 Å². The van der Waals surface area contributed by atoms with Crippen molar-refractivity contribution in [3.63, 3.8) is 0 Å². The Hall–Kier alpha value is -2.30. The van der Waals surface area contributed by atoms with E-state index in [1.54, 1.807) is 19.2 Å². The molecule has 1 aliphatic rings. The van der Waals surface area contributed by atoms with Gasteiger partial charge in [0.15, 0.2) is 0 Å². The molecule has 1 aromatic heterocycles. The van der Waals surface area contributed by atoms with Crippen LogP contribution < -0.4 is 10.1 Å². The number of para-hydroxylation sites is 1. The molecule has 2 heterocycles. The van der Waals surface area contributed by atoms with Crippen molar-refractivity contribution in [3.05, 3.63) is 83.4 Å². The highest BCUT2D eigenvalue weighted by Gasteiger charge is 2.25.